The van der Waals surface area contributed by atoms with Gasteiger partial charge in [-0.2, -0.15) is 13.2 Å². The first-order valence-electron chi connectivity index (χ1n) is 8.08. The van der Waals surface area contributed by atoms with E-state index in [0.29, 0.717) is 37.4 Å². The lowest BCUT2D eigenvalue weighted by atomic mass is 10.2. The summed E-state index contributed by atoms with van der Waals surface area (Å²) in [7, 11) is 1.41. The van der Waals surface area contributed by atoms with Crippen molar-refractivity contribution in [2.24, 2.45) is 0 Å². The third-order valence-corrected chi connectivity index (χ3v) is 3.67. The van der Waals surface area contributed by atoms with E-state index in [4.69, 9.17) is 16.3 Å². The van der Waals surface area contributed by atoms with Gasteiger partial charge in [-0.1, -0.05) is 11.6 Å². The van der Waals surface area contributed by atoms with Gasteiger partial charge in [0, 0.05) is 18.0 Å². The Morgan fingerprint density at radius 2 is 2.04 bits per heavy atom. The van der Waals surface area contributed by atoms with Gasteiger partial charge in [0.1, 0.15) is 5.75 Å². The lowest BCUT2D eigenvalue weighted by Gasteiger charge is -2.18. The molecule has 0 unspecified atom stereocenters. The average molecular weight is 381 g/mol. The van der Waals surface area contributed by atoms with Gasteiger partial charge in [0.15, 0.2) is 0 Å². The highest BCUT2D eigenvalue weighted by Gasteiger charge is 2.28. The first kappa shape index (κ1) is 21.6. The molecule has 0 aliphatic carbocycles. The zero-order chi connectivity index (χ0) is 18.9. The molecule has 0 bridgehead atoms. The summed E-state index contributed by atoms with van der Waals surface area (Å²) in [6.07, 6.45) is -2.86. The topological polar surface area (TPSA) is 41.6 Å². The van der Waals surface area contributed by atoms with Crippen molar-refractivity contribution >= 4 is 17.5 Å². The highest BCUT2D eigenvalue weighted by molar-refractivity contribution is 6.30. The van der Waals surface area contributed by atoms with Gasteiger partial charge in [-0.25, -0.2) is 0 Å². The van der Waals surface area contributed by atoms with E-state index >= 15 is 0 Å². The quantitative estimate of drug-likeness (QED) is 0.628. The van der Waals surface area contributed by atoms with Crippen LogP contribution in [0, 0.1) is 6.92 Å². The summed E-state index contributed by atoms with van der Waals surface area (Å²) in [5, 5.41) is 3.34. The van der Waals surface area contributed by atoms with Crippen molar-refractivity contribution in [3.05, 3.63) is 28.8 Å². The van der Waals surface area contributed by atoms with Crippen molar-refractivity contribution in [2.75, 3.05) is 33.3 Å². The van der Waals surface area contributed by atoms with Crippen LogP contribution in [0.4, 0.5) is 13.2 Å². The number of alkyl halides is 3. The second-order valence-corrected chi connectivity index (χ2v) is 6.35. The summed E-state index contributed by atoms with van der Waals surface area (Å²) in [5.41, 5.74) is 0.930. The van der Waals surface area contributed by atoms with Crippen LogP contribution in [0.5, 0.6) is 5.75 Å². The molecule has 0 saturated carbocycles. The van der Waals surface area contributed by atoms with Crippen LogP contribution in [0.3, 0.4) is 0 Å². The molecule has 1 amide bonds. The van der Waals surface area contributed by atoms with Gasteiger partial charge in [-0.05, 0) is 57.1 Å². The highest BCUT2D eigenvalue weighted by atomic mass is 35.5. The fourth-order valence-corrected chi connectivity index (χ4v) is 2.47. The molecular weight excluding hydrogens is 357 g/mol. The standard InChI is InChI=1S/C17H24ClF3N2O2/c1-13-11-14(18)6-7-15(13)25-10-3-5-16(24)22-8-4-9-23(2)12-17(19,20)21/h6-7,11H,3-5,8-10,12H2,1-2H3,(H,22,24). The van der Waals surface area contributed by atoms with E-state index in [1.165, 1.54) is 11.9 Å². The lowest BCUT2D eigenvalue weighted by Crippen LogP contribution is -2.33. The van der Waals surface area contributed by atoms with Crippen LogP contribution in [0.25, 0.3) is 0 Å². The Labute approximate surface area is 151 Å². The number of carbonyl (C=O) groups is 1. The number of hydrogen-bond acceptors (Lipinski definition) is 3. The number of rotatable bonds is 10. The molecule has 0 aliphatic heterocycles. The van der Waals surface area contributed by atoms with Gasteiger partial charge in [0.25, 0.3) is 0 Å². The Morgan fingerprint density at radius 3 is 2.68 bits per heavy atom. The summed E-state index contributed by atoms with van der Waals surface area (Å²) < 4.78 is 42.1. The predicted octanol–water partition coefficient (Wildman–Crippen LogP) is 3.81. The summed E-state index contributed by atoms with van der Waals surface area (Å²) in [6, 6.07) is 5.33. The number of ether oxygens (including phenoxy) is 1. The van der Waals surface area contributed by atoms with Crippen molar-refractivity contribution in [1.82, 2.24) is 10.2 Å². The second-order valence-electron chi connectivity index (χ2n) is 5.92. The number of nitrogens with zero attached hydrogens (tertiary/aromatic N) is 1. The van der Waals surface area contributed by atoms with Crippen LogP contribution < -0.4 is 10.1 Å². The van der Waals surface area contributed by atoms with Crippen molar-refractivity contribution in [3.8, 4) is 5.75 Å². The number of carbonyl (C=O) groups excluding carboxylic acids is 1. The first-order valence-corrected chi connectivity index (χ1v) is 8.46. The number of aryl methyl sites for hydroxylation is 1. The van der Waals surface area contributed by atoms with E-state index in [1.54, 1.807) is 18.2 Å². The van der Waals surface area contributed by atoms with Crippen molar-refractivity contribution in [3.63, 3.8) is 0 Å². The van der Waals surface area contributed by atoms with E-state index in [9.17, 15) is 18.0 Å². The maximum Gasteiger partial charge on any atom is 0.401 e. The molecule has 25 heavy (non-hydrogen) atoms. The molecule has 0 spiro atoms. The van der Waals surface area contributed by atoms with E-state index in [0.717, 1.165) is 11.3 Å². The van der Waals surface area contributed by atoms with Crippen molar-refractivity contribution in [1.29, 1.82) is 0 Å². The summed E-state index contributed by atoms with van der Waals surface area (Å²) >= 11 is 5.86. The molecule has 142 valence electrons. The molecule has 0 atom stereocenters. The number of benzene rings is 1. The minimum absolute atomic E-state index is 0.130. The Morgan fingerprint density at radius 1 is 1.32 bits per heavy atom. The van der Waals surface area contributed by atoms with Gasteiger partial charge >= 0.3 is 6.18 Å². The van der Waals surface area contributed by atoms with Crippen LogP contribution in [0.1, 0.15) is 24.8 Å². The maximum absolute atomic E-state index is 12.2. The molecule has 0 aromatic heterocycles. The molecule has 1 aromatic carbocycles. The van der Waals surface area contributed by atoms with Crippen LogP contribution in [0.2, 0.25) is 5.02 Å². The number of hydrogen-bond donors (Lipinski definition) is 1. The first-order chi connectivity index (χ1) is 11.7. The predicted molar refractivity (Wildman–Crippen MR) is 92.1 cm³/mol. The molecule has 4 nitrogen and oxygen atoms in total. The number of halogens is 4. The minimum Gasteiger partial charge on any atom is -0.493 e. The van der Waals surface area contributed by atoms with Crippen molar-refractivity contribution in [2.45, 2.75) is 32.4 Å². The normalized spacial score (nSPS) is 11.6. The Balaban J connectivity index is 2.09. The van der Waals surface area contributed by atoms with Gasteiger partial charge in [-0.3, -0.25) is 9.69 Å². The van der Waals surface area contributed by atoms with Crippen molar-refractivity contribution < 1.29 is 22.7 Å². The van der Waals surface area contributed by atoms with Crippen LogP contribution in [-0.4, -0.2) is 50.3 Å². The molecule has 1 aromatic rings. The molecule has 0 fully saturated rings. The smallest absolute Gasteiger partial charge is 0.401 e. The molecule has 0 radical (unpaired) electrons. The number of amides is 1. The van der Waals surface area contributed by atoms with E-state index in [-0.39, 0.29) is 12.5 Å². The SMILES string of the molecule is Cc1cc(Cl)ccc1OCCCC(=O)NCCCN(C)CC(F)(F)F. The molecule has 1 N–H and O–H groups in total. The number of nitrogens with one attached hydrogen (secondary N) is 1. The Kier molecular flexibility index (Phi) is 9.06. The van der Waals surface area contributed by atoms with E-state index < -0.39 is 12.7 Å². The maximum atomic E-state index is 12.2. The summed E-state index contributed by atoms with van der Waals surface area (Å²) in [6.45, 7) is 1.99. The zero-order valence-electron chi connectivity index (χ0n) is 14.5. The van der Waals surface area contributed by atoms with Gasteiger partial charge < -0.3 is 10.1 Å². The Hall–Kier alpha value is -1.47. The third kappa shape index (κ3) is 10.2. The van der Waals surface area contributed by atoms with Gasteiger partial charge in [0.05, 0.1) is 13.2 Å². The zero-order valence-corrected chi connectivity index (χ0v) is 15.2. The third-order valence-electron chi connectivity index (χ3n) is 3.43. The van der Waals surface area contributed by atoms with E-state index in [2.05, 4.69) is 5.32 Å². The van der Waals surface area contributed by atoms with Crippen LogP contribution in [-0.2, 0) is 4.79 Å². The monoisotopic (exact) mass is 380 g/mol. The molecule has 0 heterocycles. The second kappa shape index (κ2) is 10.5. The van der Waals surface area contributed by atoms with E-state index in [1.807, 2.05) is 6.92 Å². The Bertz CT molecular complexity index is 553. The summed E-state index contributed by atoms with van der Waals surface area (Å²) in [4.78, 5) is 12.9. The summed E-state index contributed by atoms with van der Waals surface area (Å²) in [5.74, 6) is 0.604. The fourth-order valence-electron chi connectivity index (χ4n) is 2.24. The lowest BCUT2D eigenvalue weighted by molar-refractivity contribution is -0.143. The fraction of sp³-hybridized carbons (Fsp3) is 0.588. The largest absolute Gasteiger partial charge is 0.493 e. The molecule has 0 aliphatic rings. The van der Waals surface area contributed by atoms with Crippen LogP contribution in [0.15, 0.2) is 18.2 Å². The van der Waals surface area contributed by atoms with Crippen LogP contribution >= 0.6 is 11.6 Å². The average Bonchev–Trinajstić information content (AvgIpc) is 2.48. The minimum atomic E-state index is -4.19. The van der Waals surface area contributed by atoms with Gasteiger partial charge in [0.2, 0.25) is 5.91 Å². The highest BCUT2D eigenvalue weighted by Crippen LogP contribution is 2.21. The van der Waals surface area contributed by atoms with Gasteiger partial charge in [-0.15, -0.1) is 0 Å². The molecule has 1 rings (SSSR count). The molecule has 8 heteroatoms. The molecule has 0 saturated heterocycles. The molecular formula is C17H24ClF3N2O2.